The molecule has 82 valence electrons. The van der Waals surface area contributed by atoms with Gasteiger partial charge in [0.05, 0.1) is 5.92 Å². The van der Waals surface area contributed by atoms with Crippen molar-refractivity contribution in [3.8, 4) is 0 Å². The molecule has 1 atom stereocenters. The van der Waals surface area contributed by atoms with E-state index in [1.807, 2.05) is 0 Å². The van der Waals surface area contributed by atoms with Crippen LogP contribution in [-0.4, -0.2) is 37.2 Å². The molecule has 0 bridgehead atoms. The van der Waals surface area contributed by atoms with Gasteiger partial charge in [0.1, 0.15) is 6.54 Å². The van der Waals surface area contributed by atoms with E-state index in [-0.39, 0.29) is 5.41 Å². The first-order chi connectivity index (χ1) is 6.49. The zero-order valence-electron chi connectivity index (χ0n) is 9.13. The summed E-state index contributed by atoms with van der Waals surface area (Å²) in [5.41, 5.74) is 0.162. The van der Waals surface area contributed by atoms with E-state index in [2.05, 4.69) is 25.9 Å². The van der Waals surface area contributed by atoms with Crippen molar-refractivity contribution in [2.45, 2.75) is 26.8 Å². The second-order valence-corrected chi connectivity index (χ2v) is 4.97. The van der Waals surface area contributed by atoms with E-state index in [0.717, 1.165) is 0 Å². The second-order valence-electron chi connectivity index (χ2n) is 4.97. The number of alkyl halides is 2. The van der Waals surface area contributed by atoms with Crippen LogP contribution in [0.2, 0.25) is 0 Å². The fraction of sp³-hybridized carbons (Fsp3) is 1.00. The minimum absolute atomic E-state index is 0.162. The van der Waals surface area contributed by atoms with Crippen LogP contribution in [0, 0.1) is 11.3 Å². The SMILES string of the molecule is CC(C)(C)C1CN=[N+](C(CF)CF)C1. The van der Waals surface area contributed by atoms with E-state index in [4.69, 9.17) is 0 Å². The van der Waals surface area contributed by atoms with Crippen LogP contribution in [0.25, 0.3) is 0 Å². The molecule has 1 heterocycles. The quantitative estimate of drug-likeness (QED) is 0.629. The molecule has 1 unspecified atom stereocenters. The Labute approximate surface area is 84.0 Å². The van der Waals surface area contributed by atoms with Gasteiger partial charge < -0.3 is 0 Å². The molecule has 14 heavy (non-hydrogen) atoms. The van der Waals surface area contributed by atoms with E-state index in [1.54, 1.807) is 4.70 Å². The Morgan fingerprint density at radius 1 is 1.36 bits per heavy atom. The minimum Gasteiger partial charge on any atom is -0.244 e. The lowest BCUT2D eigenvalue weighted by Crippen LogP contribution is -2.32. The van der Waals surface area contributed by atoms with Gasteiger partial charge in [0, 0.05) is 0 Å². The molecule has 0 aromatic rings. The van der Waals surface area contributed by atoms with Crippen LogP contribution < -0.4 is 0 Å². The second kappa shape index (κ2) is 4.32. The number of nitrogens with zero attached hydrogens (tertiary/aromatic N) is 2. The molecule has 0 fully saturated rings. The molecular formula is C10H19F2N2+. The largest absolute Gasteiger partial charge is 0.244 e. The molecule has 0 saturated heterocycles. The van der Waals surface area contributed by atoms with Gasteiger partial charge in [-0.2, -0.15) is 0 Å². The monoisotopic (exact) mass is 205 g/mol. The Morgan fingerprint density at radius 3 is 2.29 bits per heavy atom. The first-order valence-corrected chi connectivity index (χ1v) is 5.05. The van der Waals surface area contributed by atoms with Gasteiger partial charge in [0.2, 0.25) is 6.04 Å². The fourth-order valence-electron chi connectivity index (χ4n) is 1.56. The van der Waals surface area contributed by atoms with Crippen molar-refractivity contribution < 1.29 is 13.5 Å². The predicted octanol–water partition coefficient (Wildman–Crippen LogP) is 2.43. The lowest BCUT2D eigenvalue weighted by atomic mass is 9.81. The van der Waals surface area contributed by atoms with E-state index in [9.17, 15) is 8.78 Å². The number of halogens is 2. The third-order valence-electron chi connectivity index (χ3n) is 2.89. The highest BCUT2D eigenvalue weighted by Crippen LogP contribution is 2.29. The zero-order valence-corrected chi connectivity index (χ0v) is 9.13. The standard InChI is InChI=1S/C10H19F2N2/c1-10(2,3)8-6-13-14(7-8)9(4-11)5-12/h8-9H,4-7H2,1-3H3/q+1. The molecule has 0 amide bonds. The highest BCUT2D eigenvalue weighted by Gasteiger charge is 2.38. The van der Waals surface area contributed by atoms with Gasteiger partial charge in [-0.1, -0.05) is 20.8 Å². The summed E-state index contributed by atoms with van der Waals surface area (Å²) in [6, 6.07) is -0.664. The van der Waals surface area contributed by atoms with Crippen LogP contribution in [-0.2, 0) is 0 Å². The molecule has 2 nitrogen and oxygen atoms in total. The van der Waals surface area contributed by atoms with Crippen LogP contribution in [0.3, 0.4) is 0 Å². The van der Waals surface area contributed by atoms with Crippen molar-refractivity contribution in [2.24, 2.45) is 16.4 Å². The summed E-state index contributed by atoms with van der Waals surface area (Å²) in [6.45, 7) is 6.47. The highest BCUT2D eigenvalue weighted by atomic mass is 19.1. The van der Waals surface area contributed by atoms with Crippen molar-refractivity contribution in [3.05, 3.63) is 0 Å². The maximum Gasteiger partial charge on any atom is 0.233 e. The summed E-state index contributed by atoms with van der Waals surface area (Å²) in [5, 5.41) is 4.18. The molecule has 1 aliphatic rings. The van der Waals surface area contributed by atoms with Gasteiger partial charge in [0.25, 0.3) is 0 Å². The molecule has 0 spiro atoms. The third kappa shape index (κ3) is 2.49. The molecule has 0 saturated carbocycles. The Morgan fingerprint density at radius 2 is 1.93 bits per heavy atom. The van der Waals surface area contributed by atoms with Gasteiger partial charge in [0.15, 0.2) is 19.9 Å². The van der Waals surface area contributed by atoms with Crippen LogP contribution >= 0.6 is 0 Å². The van der Waals surface area contributed by atoms with Gasteiger partial charge >= 0.3 is 0 Å². The molecule has 4 heteroatoms. The van der Waals surface area contributed by atoms with Crippen molar-refractivity contribution >= 4 is 0 Å². The molecule has 0 N–H and O–H groups in total. The maximum atomic E-state index is 12.4. The first kappa shape index (κ1) is 11.5. The normalized spacial score (nSPS) is 23.0. The zero-order chi connectivity index (χ0) is 10.8. The van der Waals surface area contributed by atoms with Gasteiger partial charge in [-0.25, -0.2) is 8.78 Å². The molecule has 0 aromatic heterocycles. The van der Waals surface area contributed by atoms with Crippen LogP contribution in [0.1, 0.15) is 20.8 Å². The highest BCUT2D eigenvalue weighted by molar-refractivity contribution is 4.76. The molecule has 0 aromatic carbocycles. The fourth-order valence-corrected chi connectivity index (χ4v) is 1.56. The van der Waals surface area contributed by atoms with Crippen LogP contribution in [0.4, 0.5) is 8.78 Å². The average Bonchev–Trinajstić information content (AvgIpc) is 2.54. The Bertz CT molecular complexity index is 217. The van der Waals surface area contributed by atoms with Gasteiger partial charge in [-0.3, -0.25) is 0 Å². The van der Waals surface area contributed by atoms with Crippen LogP contribution in [0.15, 0.2) is 5.11 Å². The number of rotatable bonds is 3. The Hall–Kier alpha value is -0.540. The first-order valence-electron chi connectivity index (χ1n) is 5.05. The topological polar surface area (TPSA) is 15.4 Å². The summed E-state index contributed by atoms with van der Waals surface area (Å²) < 4.78 is 26.4. The van der Waals surface area contributed by atoms with Crippen molar-refractivity contribution in [1.82, 2.24) is 0 Å². The van der Waals surface area contributed by atoms with Gasteiger partial charge in [-0.05, 0) is 10.5 Å². The molecular weight excluding hydrogens is 186 g/mol. The average molecular weight is 205 g/mol. The van der Waals surface area contributed by atoms with Crippen molar-refractivity contribution in [2.75, 3.05) is 26.4 Å². The van der Waals surface area contributed by atoms with E-state index >= 15 is 0 Å². The number of azo groups is 2. The van der Waals surface area contributed by atoms with Gasteiger partial charge in [-0.15, -0.1) is 4.70 Å². The predicted molar refractivity (Wildman–Crippen MR) is 51.1 cm³/mol. The van der Waals surface area contributed by atoms with Crippen molar-refractivity contribution in [3.63, 3.8) is 0 Å². The minimum atomic E-state index is -0.664. The summed E-state index contributed by atoms with van der Waals surface area (Å²) in [5.74, 6) is 0.406. The van der Waals surface area contributed by atoms with E-state index in [1.165, 1.54) is 0 Å². The van der Waals surface area contributed by atoms with Crippen LogP contribution in [0.5, 0.6) is 0 Å². The lowest BCUT2D eigenvalue weighted by molar-refractivity contribution is -0.621. The molecule has 0 radical (unpaired) electrons. The summed E-state index contributed by atoms with van der Waals surface area (Å²) in [7, 11) is 0. The molecule has 0 aliphatic carbocycles. The van der Waals surface area contributed by atoms with Crippen molar-refractivity contribution in [1.29, 1.82) is 0 Å². The molecule has 1 rings (SSSR count). The smallest absolute Gasteiger partial charge is 0.233 e. The Balaban J connectivity index is 2.55. The van der Waals surface area contributed by atoms with E-state index in [0.29, 0.717) is 19.0 Å². The molecule has 1 aliphatic heterocycles. The van der Waals surface area contributed by atoms with E-state index < -0.39 is 19.4 Å². The number of hydrogen-bond donors (Lipinski definition) is 0. The maximum absolute atomic E-state index is 12.4. The Kier molecular flexibility index (Phi) is 3.56. The summed E-state index contributed by atoms with van der Waals surface area (Å²) >= 11 is 0. The summed E-state index contributed by atoms with van der Waals surface area (Å²) in [4.78, 5) is 0. The lowest BCUT2D eigenvalue weighted by Gasteiger charge is -2.22. The summed E-state index contributed by atoms with van der Waals surface area (Å²) in [6.07, 6.45) is 0. The third-order valence-corrected chi connectivity index (χ3v) is 2.89. The number of hydrogen-bond acceptors (Lipinski definition) is 1.